The number of methoxy groups -OCH3 is 1. The number of ether oxygens (including phenoxy) is 1. The van der Waals surface area contributed by atoms with Crippen molar-refractivity contribution in [3.05, 3.63) is 17.0 Å². The molecule has 0 fully saturated rings. The van der Waals surface area contributed by atoms with Crippen molar-refractivity contribution in [2.24, 2.45) is 0 Å². The van der Waals surface area contributed by atoms with Crippen molar-refractivity contribution in [3.8, 4) is 0 Å². The van der Waals surface area contributed by atoms with Crippen LogP contribution in [-0.4, -0.2) is 28.6 Å². The fraction of sp³-hybridized carbons (Fsp3) is 0.615. The molecule has 0 amide bonds. The topological polar surface area (TPSA) is 61.2 Å². The normalized spacial score (nSPS) is 9.44. The molecule has 0 N–H and O–H groups in total. The van der Waals surface area contributed by atoms with Gasteiger partial charge in [0.1, 0.15) is 0 Å². The number of nitrogens with zero attached hydrogens (tertiary/aromatic N) is 2. The molecule has 1 aromatic rings. The van der Waals surface area contributed by atoms with Gasteiger partial charge in [0.25, 0.3) is 0 Å². The van der Waals surface area contributed by atoms with E-state index in [1.165, 1.54) is 14.0 Å². The molecule has 0 saturated carbocycles. The van der Waals surface area contributed by atoms with E-state index in [1.807, 2.05) is 27.7 Å². The van der Waals surface area contributed by atoms with Crippen LogP contribution in [-0.2, 0) is 27.3 Å². The van der Waals surface area contributed by atoms with Crippen molar-refractivity contribution in [3.63, 3.8) is 0 Å². The SMILES string of the molecule is CC.COC(=O)Cc1c(C)nn(CC(C)=O)c1C. The van der Waals surface area contributed by atoms with E-state index in [-0.39, 0.29) is 24.7 Å². The largest absolute Gasteiger partial charge is 0.469 e. The van der Waals surface area contributed by atoms with Gasteiger partial charge in [0, 0.05) is 11.3 Å². The zero-order valence-corrected chi connectivity index (χ0v) is 12.0. The first-order valence-corrected chi connectivity index (χ1v) is 6.04. The Hall–Kier alpha value is -1.65. The summed E-state index contributed by atoms with van der Waals surface area (Å²) in [5, 5.41) is 4.23. The van der Waals surface area contributed by atoms with Gasteiger partial charge in [0.15, 0.2) is 5.78 Å². The molecule has 0 aliphatic heterocycles. The quantitative estimate of drug-likeness (QED) is 0.769. The van der Waals surface area contributed by atoms with Crippen LogP contribution in [0.4, 0.5) is 0 Å². The Morgan fingerprint density at radius 2 is 1.83 bits per heavy atom. The zero-order chi connectivity index (χ0) is 14.3. The fourth-order valence-electron chi connectivity index (χ4n) is 1.57. The van der Waals surface area contributed by atoms with Crippen LogP contribution in [0.25, 0.3) is 0 Å². The van der Waals surface area contributed by atoms with Gasteiger partial charge >= 0.3 is 5.97 Å². The average Bonchev–Trinajstić information content (AvgIpc) is 2.58. The minimum Gasteiger partial charge on any atom is -0.469 e. The summed E-state index contributed by atoms with van der Waals surface area (Å²) in [6, 6.07) is 0. The van der Waals surface area contributed by atoms with Crippen LogP contribution in [0.1, 0.15) is 37.7 Å². The molecule has 0 unspecified atom stereocenters. The first kappa shape index (κ1) is 16.4. The van der Waals surface area contributed by atoms with Gasteiger partial charge in [0.05, 0.1) is 25.8 Å². The summed E-state index contributed by atoms with van der Waals surface area (Å²) in [6.07, 6.45) is 0.200. The predicted molar refractivity (Wildman–Crippen MR) is 69.5 cm³/mol. The van der Waals surface area contributed by atoms with Crippen molar-refractivity contribution in [2.45, 2.75) is 47.6 Å². The molecule has 0 aromatic carbocycles. The fourth-order valence-corrected chi connectivity index (χ4v) is 1.57. The summed E-state index contributed by atoms with van der Waals surface area (Å²) in [5.41, 5.74) is 2.45. The lowest BCUT2D eigenvalue weighted by Crippen LogP contribution is -2.10. The monoisotopic (exact) mass is 254 g/mol. The Labute approximate surface area is 108 Å². The lowest BCUT2D eigenvalue weighted by molar-refractivity contribution is -0.139. The lowest BCUT2D eigenvalue weighted by atomic mass is 10.1. The maximum absolute atomic E-state index is 11.2. The number of carbonyl (C=O) groups excluding carboxylic acids is 2. The number of ketones is 1. The highest BCUT2D eigenvalue weighted by Gasteiger charge is 2.15. The van der Waals surface area contributed by atoms with Gasteiger partial charge in [-0.15, -0.1) is 0 Å². The van der Waals surface area contributed by atoms with Gasteiger partial charge in [0.2, 0.25) is 0 Å². The smallest absolute Gasteiger partial charge is 0.310 e. The Bertz CT molecular complexity index is 422. The highest BCUT2D eigenvalue weighted by Crippen LogP contribution is 2.14. The van der Waals surface area contributed by atoms with E-state index in [4.69, 9.17) is 0 Å². The number of hydrogen-bond acceptors (Lipinski definition) is 4. The zero-order valence-electron chi connectivity index (χ0n) is 12.0. The van der Waals surface area contributed by atoms with Crippen molar-refractivity contribution in [2.75, 3.05) is 7.11 Å². The molecule has 1 aromatic heterocycles. The van der Waals surface area contributed by atoms with Gasteiger partial charge in [-0.25, -0.2) is 0 Å². The third kappa shape index (κ3) is 4.31. The molecule has 0 radical (unpaired) electrons. The number of carbonyl (C=O) groups is 2. The number of Topliss-reactive ketones (excluding diaryl/α,β-unsaturated/α-hetero) is 1. The van der Waals surface area contributed by atoms with Crippen molar-refractivity contribution in [1.82, 2.24) is 9.78 Å². The Kier molecular flexibility index (Phi) is 6.93. The van der Waals surface area contributed by atoms with E-state index in [1.54, 1.807) is 4.68 Å². The van der Waals surface area contributed by atoms with E-state index in [2.05, 4.69) is 9.84 Å². The molecule has 0 aliphatic carbocycles. The van der Waals surface area contributed by atoms with Crippen LogP contribution >= 0.6 is 0 Å². The second-order valence-corrected chi connectivity index (χ2v) is 3.76. The van der Waals surface area contributed by atoms with Crippen molar-refractivity contribution < 1.29 is 14.3 Å². The molecule has 0 bridgehead atoms. The molecule has 0 aliphatic rings. The van der Waals surface area contributed by atoms with Crippen molar-refractivity contribution in [1.29, 1.82) is 0 Å². The highest BCUT2D eigenvalue weighted by molar-refractivity contribution is 5.75. The molecular formula is C13H22N2O3. The summed E-state index contributed by atoms with van der Waals surface area (Å²) < 4.78 is 6.23. The predicted octanol–water partition coefficient (Wildman–Crippen LogP) is 1.83. The Morgan fingerprint density at radius 1 is 1.28 bits per heavy atom. The van der Waals surface area contributed by atoms with E-state index < -0.39 is 0 Å². The van der Waals surface area contributed by atoms with Crippen LogP contribution in [0.2, 0.25) is 0 Å². The van der Waals surface area contributed by atoms with Gasteiger partial charge < -0.3 is 4.74 Å². The van der Waals surface area contributed by atoms with Crippen LogP contribution in [0.5, 0.6) is 0 Å². The van der Waals surface area contributed by atoms with Crippen LogP contribution in [0.15, 0.2) is 0 Å². The van der Waals surface area contributed by atoms with E-state index >= 15 is 0 Å². The molecular weight excluding hydrogens is 232 g/mol. The molecule has 1 rings (SSSR count). The third-order valence-electron chi connectivity index (χ3n) is 2.45. The number of hydrogen-bond donors (Lipinski definition) is 0. The molecule has 1 heterocycles. The number of esters is 1. The molecule has 18 heavy (non-hydrogen) atoms. The summed E-state index contributed by atoms with van der Waals surface area (Å²) >= 11 is 0. The Balaban J connectivity index is 0.00000137. The summed E-state index contributed by atoms with van der Waals surface area (Å²) in [4.78, 5) is 22.2. The molecule has 0 atom stereocenters. The van der Waals surface area contributed by atoms with Crippen LogP contribution in [0, 0.1) is 13.8 Å². The summed E-state index contributed by atoms with van der Waals surface area (Å²) in [7, 11) is 1.35. The highest BCUT2D eigenvalue weighted by atomic mass is 16.5. The first-order chi connectivity index (χ1) is 8.45. The summed E-state index contributed by atoms with van der Waals surface area (Å²) in [6.45, 7) is 9.42. The maximum atomic E-state index is 11.2. The second kappa shape index (κ2) is 7.63. The lowest BCUT2D eigenvalue weighted by Gasteiger charge is -2.02. The van der Waals surface area contributed by atoms with Crippen LogP contribution < -0.4 is 0 Å². The Morgan fingerprint density at radius 3 is 2.28 bits per heavy atom. The van der Waals surface area contributed by atoms with E-state index in [9.17, 15) is 9.59 Å². The van der Waals surface area contributed by atoms with E-state index in [0.717, 1.165) is 17.0 Å². The molecule has 102 valence electrons. The molecule has 0 spiro atoms. The average molecular weight is 254 g/mol. The van der Waals surface area contributed by atoms with Gasteiger partial charge in [-0.1, -0.05) is 13.8 Å². The minimum absolute atomic E-state index is 0.0372. The number of aromatic nitrogens is 2. The maximum Gasteiger partial charge on any atom is 0.310 e. The van der Waals surface area contributed by atoms with Crippen LogP contribution in [0.3, 0.4) is 0 Å². The molecule has 5 nitrogen and oxygen atoms in total. The minimum atomic E-state index is -0.298. The number of rotatable bonds is 4. The van der Waals surface area contributed by atoms with Gasteiger partial charge in [-0.3, -0.25) is 14.3 Å². The van der Waals surface area contributed by atoms with Crippen molar-refractivity contribution >= 4 is 11.8 Å². The standard InChI is InChI=1S/C11H16N2O3.C2H6/c1-7(14)6-13-9(3)10(8(2)12-13)5-11(15)16-4;1-2/h5-6H2,1-4H3;1-2H3. The summed E-state index contributed by atoms with van der Waals surface area (Å²) in [5.74, 6) is -0.260. The first-order valence-electron chi connectivity index (χ1n) is 6.04. The second-order valence-electron chi connectivity index (χ2n) is 3.76. The molecule has 0 saturated heterocycles. The van der Waals surface area contributed by atoms with Gasteiger partial charge in [-0.2, -0.15) is 5.10 Å². The third-order valence-corrected chi connectivity index (χ3v) is 2.45. The van der Waals surface area contributed by atoms with Gasteiger partial charge in [-0.05, 0) is 20.8 Å². The van der Waals surface area contributed by atoms with E-state index in [0.29, 0.717) is 0 Å². The number of aryl methyl sites for hydroxylation is 1. The molecule has 5 heteroatoms.